The third-order valence-corrected chi connectivity index (χ3v) is 8.22. The van der Waals surface area contributed by atoms with Crippen molar-refractivity contribution in [3.8, 4) is 0 Å². The molecule has 4 aromatic rings. The third-order valence-electron chi connectivity index (χ3n) is 6.10. The fraction of sp³-hybridized carbons (Fsp3) is 0.269. The number of thiophene rings is 2. The Morgan fingerprint density at radius 1 is 1.15 bits per heavy atom. The van der Waals surface area contributed by atoms with Crippen molar-refractivity contribution in [2.75, 3.05) is 19.5 Å². The van der Waals surface area contributed by atoms with Crippen molar-refractivity contribution in [2.45, 2.75) is 33.4 Å². The van der Waals surface area contributed by atoms with Crippen molar-refractivity contribution in [2.24, 2.45) is 0 Å². The van der Waals surface area contributed by atoms with Gasteiger partial charge in [0.15, 0.2) is 0 Å². The number of rotatable bonds is 7. The normalized spacial score (nSPS) is 12.2. The molecule has 0 aliphatic heterocycles. The van der Waals surface area contributed by atoms with Crippen LogP contribution in [0.5, 0.6) is 0 Å². The predicted molar refractivity (Wildman–Crippen MR) is 139 cm³/mol. The average molecular weight is 494 g/mol. The summed E-state index contributed by atoms with van der Waals surface area (Å²) in [7, 11) is 3.41. The number of aromatic nitrogens is 1. The van der Waals surface area contributed by atoms with E-state index in [0.29, 0.717) is 27.5 Å². The minimum atomic E-state index is -0.496. The zero-order valence-electron chi connectivity index (χ0n) is 19.8. The van der Waals surface area contributed by atoms with Gasteiger partial charge in [0.25, 0.3) is 5.91 Å². The van der Waals surface area contributed by atoms with Crippen molar-refractivity contribution in [1.29, 1.82) is 0 Å². The van der Waals surface area contributed by atoms with Crippen LogP contribution in [-0.2, 0) is 11.3 Å². The number of carbonyl (C=O) groups excluding carboxylic acids is 2. The second-order valence-corrected chi connectivity index (χ2v) is 10.2. The number of carbonyl (C=O) groups is 2. The van der Waals surface area contributed by atoms with E-state index in [4.69, 9.17) is 9.72 Å². The number of anilines is 1. The SMILES string of the molecule is COC(=O)c1sc2nc(CN(C)[C@H](C)c3cccs3)ccc2c1NC(=O)c1cccc(C)c1C. The molecule has 0 radical (unpaired) electrons. The number of fused-ring (bicyclic) bond motifs is 1. The molecule has 0 saturated carbocycles. The molecule has 0 unspecified atom stereocenters. The van der Waals surface area contributed by atoms with Gasteiger partial charge in [0, 0.05) is 28.4 Å². The summed E-state index contributed by atoms with van der Waals surface area (Å²) in [6.45, 7) is 6.71. The van der Waals surface area contributed by atoms with Crippen LogP contribution in [0.4, 0.5) is 5.69 Å². The van der Waals surface area contributed by atoms with E-state index in [-0.39, 0.29) is 11.9 Å². The first-order chi connectivity index (χ1) is 16.3. The van der Waals surface area contributed by atoms with Crippen molar-refractivity contribution in [3.05, 3.63) is 80.0 Å². The fourth-order valence-electron chi connectivity index (χ4n) is 3.78. The summed E-state index contributed by atoms with van der Waals surface area (Å²) in [6.07, 6.45) is 0. The molecule has 0 aliphatic rings. The molecular weight excluding hydrogens is 466 g/mol. The fourth-order valence-corrected chi connectivity index (χ4v) is 5.70. The second kappa shape index (κ2) is 10.0. The molecule has 0 bridgehead atoms. The maximum atomic E-state index is 13.1. The van der Waals surface area contributed by atoms with Crippen LogP contribution in [0.3, 0.4) is 0 Å². The van der Waals surface area contributed by atoms with Gasteiger partial charge in [0.05, 0.1) is 18.5 Å². The lowest BCUT2D eigenvalue weighted by Crippen LogP contribution is -2.21. The van der Waals surface area contributed by atoms with Crippen LogP contribution in [0.25, 0.3) is 10.2 Å². The molecule has 0 spiro atoms. The molecule has 3 heterocycles. The number of amides is 1. The number of hydrogen-bond acceptors (Lipinski definition) is 7. The molecule has 4 rings (SSSR count). The summed E-state index contributed by atoms with van der Waals surface area (Å²) in [5.74, 6) is -0.760. The monoisotopic (exact) mass is 493 g/mol. The molecule has 1 N–H and O–H groups in total. The number of pyridine rings is 1. The molecule has 8 heteroatoms. The van der Waals surface area contributed by atoms with Gasteiger partial charge in [-0.2, -0.15) is 0 Å². The van der Waals surface area contributed by atoms with Crippen LogP contribution in [-0.4, -0.2) is 35.9 Å². The highest BCUT2D eigenvalue weighted by molar-refractivity contribution is 7.21. The topological polar surface area (TPSA) is 71.5 Å². The molecule has 0 aliphatic carbocycles. The summed E-state index contributed by atoms with van der Waals surface area (Å²) in [5, 5.41) is 5.76. The van der Waals surface area contributed by atoms with Gasteiger partial charge >= 0.3 is 5.97 Å². The number of hydrogen-bond donors (Lipinski definition) is 1. The molecular formula is C26H27N3O3S2. The molecule has 34 heavy (non-hydrogen) atoms. The Hall–Kier alpha value is -3.07. The number of benzene rings is 1. The highest BCUT2D eigenvalue weighted by Gasteiger charge is 2.23. The summed E-state index contributed by atoms with van der Waals surface area (Å²) >= 11 is 2.97. The van der Waals surface area contributed by atoms with E-state index in [0.717, 1.165) is 22.2 Å². The van der Waals surface area contributed by atoms with E-state index in [1.807, 2.05) is 38.1 Å². The van der Waals surface area contributed by atoms with E-state index in [9.17, 15) is 9.59 Å². The summed E-state index contributed by atoms with van der Waals surface area (Å²) in [5.41, 5.74) is 3.84. The van der Waals surface area contributed by atoms with E-state index >= 15 is 0 Å². The van der Waals surface area contributed by atoms with Gasteiger partial charge in [-0.1, -0.05) is 18.2 Å². The lowest BCUT2D eigenvalue weighted by atomic mass is 10.0. The van der Waals surface area contributed by atoms with Crippen LogP contribution in [0, 0.1) is 13.8 Å². The molecule has 0 saturated heterocycles. The molecule has 1 amide bonds. The molecule has 176 valence electrons. The van der Waals surface area contributed by atoms with Crippen LogP contribution in [0.15, 0.2) is 47.8 Å². The predicted octanol–water partition coefficient (Wildman–Crippen LogP) is 6.21. The maximum Gasteiger partial charge on any atom is 0.350 e. The van der Waals surface area contributed by atoms with Gasteiger partial charge in [-0.15, -0.1) is 22.7 Å². The number of nitrogens with zero attached hydrogens (tertiary/aromatic N) is 2. The molecule has 0 fully saturated rings. The van der Waals surface area contributed by atoms with Crippen LogP contribution < -0.4 is 5.32 Å². The molecule has 3 aromatic heterocycles. The second-order valence-electron chi connectivity index (χ2n) is 8.26. The highest BCUT2D eigenvalue weighted by Crippen LogP contribution is 2.36. The first-order valence-corrected chi connectivity index (χ1v) is 12.6. The molecule has 1 aromatic carbocycles. The number of methoxy groups -OCH3 is 1. The van der Waals surface area contributed by atoms with Gasteiger partial charge in [0.1, 0.15) is 9.71 Å². The molecule has 6 nitrogen and oxygen atoms in total. The Morgan fingerprint density at radius 2 is 1.94 bits per heavy atom. The number of ether oxygens (including phenoxy) is 1. The van der Waals surface area contributed by atoms with Gasteiger partial charge in [-0.25, -0.2) is 9.78 Å². The standard InChI is InChI=1S/C26H27N3O3S2/c1-15-8-6-9-19(16(15)2)24(30)28-22-20-12-11-18(27-25(20)34-23(22)26(31)32-5)14-29(4)17(3)21-10-7-13-33-21/h6-13,17H,14H2,1-5H3,(H,28,30)/t17-/m1/s1. The van der Waals surface area contributed by atoms with E-state index < -0.39 is 5.97 Å². The Balaban J connectivity index is 1.65. The largest absolute Gasteiger partial charge is 0.465 e. The Labute approximate surface area is 207 Å². The summed E-state index contributed by atoms with van der Waals surface area (Å²) in [6, 6.07) is 13.9. The van der Waals surface area contributed by atoms with Crippen LogP contribution in [0.2, 0.25) is 0 Å². The lowest BCUT2D eigenvalue weighted by molar-refractivity contribution is 0.0607. The summed E-state index contributed by atoms with van der Waals surface area (Å²) in [4.78, 5) is 35.0. The number of aryl methyl sites for hydroxylation is 1. The first kappa shape index (κ1) is 24.1. The lowest BCUT2D eigenvalue weighted by Gasteiger charge is -2.23. The number of esters is 1. The Bertz CT molecular complexity index is 1350. The zero-order valence-corrected chi connectivity index (χ0v) is 21.5. The number of nitrogens with one attached hydrogen (secondary N) is 1. The maximum absolute atomic E-state index is 13.1. The van der Waals surface area contributed by atoms with E-state index in [1.54, 1.807) is 17.4 Å². The van der Waals surface area contributed by atoms with Gasteiger partial charge < -0.3 is 10.1 Å². The van der Waals surface area contributed by atoms with Gasteiger partial charge in [0.2, 0.25) is 0 Å². The highest BCUT2D eigenvalue weighted by atomic mass is 32.1. The Kier molecular flexibility index (Phi) is 7.11. The average Bonchev–Trinajstić information content (AvgIpc) is 3.48. The van der Waals surface area contributed by atoms with Crippen LogP contribution in [0.1, 0.15) is 54.7 Å². The summed E-state index contributed by atoms with van der Waals surface area (Å²) < 4.78 is 4.99. The third kappa shape index (κ3) is 4.75. The van der Waals surface area contributed by atoms with E-state index in [1.165, 1.54) is 23.3 Å². The van der Waals surface area contributed by atoms with Crippen LogP contribution >= 0.6 is 22.7 Å². The van der Waals surface area contributed by atoms with Gasteiger partial charge in [-0.3, -0.25) is 9.69 Å². The Morgan fingerprint density at radius 3 is 2.65 bits per heavy atom. The van der Waals surface area contributed by atoms with Crippen molar-refractivity contribution in [1.82, 2.24) is 9.88 Å². The van der Waals surface area contributed by atoms with Crippen molar-refractivity contribution >= 4 is 50.5 Å². The quantitative estimate of drug-likeness (QED) is 0.310. The zero-order chi connectivity index (χ0) is 24.4. The van der Waals surface area contributed by atoms with Gasteiger partial charge in [-0.05, 0) is 68.6 Å². The minimum absolute atomic E-state index is 0.263. The smallest absolute Gasteiger partial charge is 0.350 e. The van der Waals surface area contributed by atoms with Crippen molar-refractivity contribution in [3.63, 3.8) is 0 Å². The first-order valence-electron chi connectivity index (χ1n) is 10.9. The minimum Gasteiger partial charge on any atom is -0.465 e. The van der Waals surface area contributed by atoms with E-state index in [2.05, 4.69) is 41.7 Å². The molecule has 1 atom stereocenters. The van der Waals surface area contributed by atoms with Crippen molar-refractivity contribution < 1.29 is 14.3 Å².